The minimum atomic E-state index is -1.21. The van der Waals surface area contributed by atoms with Crippen LogP contribution < -0.4 is 5.32 Å². The molecule has 0 aliphatic carbocycles. The van der Waals surface area contributed by atoms with Crippen LogP contribution >= 0.6 is 0 Å². The maximum absolute atomic E-state index is 13.6. The summed E-state index contributed by atoms with van der Waals surface area (Å²) in [5.74, 6) is -1.46. The van der Waals surface area contributed by atoms with Gasteiger partial charge in [-0.1, -0.05) is 0 Å². The van der Waals surface area contributed by atoms with Crippen LogP contribution in [0.25, 0.3) is 11.3 Å². The Morgan fingerprint density at radius 3 is 2.68 bits per heavy atom. The number of hydrogen-bond acceptors (Lipinski definition) is 4. The fraction of sp³-hybridized carbons (Fsp3) is 0.167. The summed E-state index contributed by atoms with van der Waals surface area (Å²) in [6, 6.07) is 4.40. The fourth-order valence-electron chi connectivity index (χ4n) is 1.66. The summed E-state index contributed by atoms with van der Waals surface area (Å²) < 4.78 is 32.2. The van der Waals surface area contributed by atoms with Gasteiger partial charge in [-0.2, -0.15) is 4.39 Å². The second-order valence-corrected chi connectivity index (χ2v) is 3.84. The van der Waals surface area contributed by atoms with Crippen LogP contribution in [-0.4, -0.2) is 12.0 Å². The number of nitro groups is 1. The summed E-state index contributed by atoms with van der Waals surface area (Å²) >= 11 is 0. The van der Waals surface area contributed by atoms with Gasteiger partial charge < -0.3 is 9.73 Å². The van der Waals surface area contributed by atoms with Crippen LogP contribution in [0.15, 0.2) is 28.7 Å². The second kappa shape index (κ2) is 5.15. The Bertz CT molecular complexity index is 625. The summed E-state index contributed by atoms with van der Waals surface area (Å²) in [5.41, 5.74) is -0.932. The highest BCUT2D eigenvalue weighted by Gasteiger charge is 2.20. The molecule has 100 valence electrons. The molecule has 1 aromatic carbocycles. The van der Waals surface area contributed by atoms with Gasteiger partial charge >= 0.3 is 5.69 Å². The number of halogens is 2. The van der Waals surface area contributed by atoms with Crippen LogP contribution in [0.2, 0.25) is 0 Å². The van der Waals surface area contributed by atoms with Gasteiger partial charge in [0.2, 0.25) is 5.82 Å². The second-order valence-electron chi connectivity index (χ2n) is 3.84. The van der Waals surface area contributed by atoms with Crippen molar-refractivity contribution in [3.8, 4) is 11.3 Å². The Morgan fingerprint density at radius 2 is 2.05 bits per heavy atom. The van der Waals surface area contributed by atoms with Crippen LogP contribution in [0, 0.1) is 21.7 Å². The van der Waals surface area contributed by atoms with Gasteiger partial charge in [0.15, 0.2) is 0 Å². The summed E-state index contributed by atoms with van der Waals surface area (Å²) in [5, 5.41) is 13.5. The van der Waals surface area contributed by atoms with Crippen molar-refractivity contribution in [2.45, 2.75) is 6.54 Å². The number of nitrogens with zero attached hydrogens (tertiary/aromatic N) is 1. The lowest BCUT2D eigenvalue weighted by molar-refractivity contribution is -0.387. The molecule has 0 unspecified atom stereocenters. The summed E-state index contributed by atoms with van der Waals surface area (Å²) in [6.45, 7) is 0.435. The van der Waals surface area contributed by atoms with E-state index in [4.69, 9.17) is 4.42 Å². The first-order chi connectivity index (χ1) is 9.02. The zero-order valence-electron chi connectivity index (χ0n) is 9.94. The molecule has 19 heavy (non-hydrogen) atoms. The predicted octanol–water partition coefficient (Wildman–Crippen LogP) is 2.85. The van der Waals surface area contributed by atoms with Crippen molar-refractivity contribution in [1.82, 2.24) is 5.32 Å². The maximum Gasteiger partial charge on any atom is 0.305 e. The molecule has 0 fully saturated rings. The first-order valence-corrected chi connectivity index (χ1v) is 5.40. The molecule has 2 aromatic rings. The number of hydrogen-bond donors (Lipinski definition) is 1. The minimum Gasteiger partial charge on any atom is -0.460 e. The van der Waals surface area contributed by atoms with Crippen molar-refractivity contribution >= 4 is 5.69 Å². The van der Waals surface area contributed by atoms with E-state index in [0.29, 0.717) is 18.4 Å². The highest BCUT2D eigenvalue weighted by molar-refractivity contribution is 5.62. The molecule has 0 radical (unpaired) electrons. The third-order valence-corrected chi connectivity index (χ3v) is 2.51. The quantitative estimate of drug-likeness (QED) is 0.683. The number of furan rings is 1. The maximum atomic E-state index is 13.6. The van der Waals surface area contributed by atoms with Crippen molar-refractivity contribution in [3.63, 3.8) is 0 Å². The molecule has 0 atom stereocenters. The standard InChI is InChI=1S/C12H10F2N2O3/c1-15-6-7-2-3-12(19-7)8-4-11(16(17)18)10(14)5-9(8)13/h2-5,15H,6H2,1H3. The Hall–Kier alpha value is -2.28. The van der Waals surface area contributed by atoms with Gasteiger partial charge in [0.25, 0.3) is 0 Å². The van der Waals surface area contributed by atoms with Crippen molar-refractivity contribution in [3.05, 3.63) is 51.8 Å². The molecular weight excluding hydrogens is 258 g/mol. The van der Waals surface area contributed by atoms with E-state index in [0.717, 1.165) is 6.07 Å². The van der Waals surface area contributed by atoms with E-state index < -0.39 is 22.2 Å². The number of nitro benzene ring substituents is 1. The lowest BCUT2D eigenvalue weighted by Crippen LogP contribution is -2.03. The molecule has 0 aliphatic heterocycles. The molecule has 0 spiro atoms. The van der Waals surface area contributed by atoms with Gasteiger partial charge in [-0.15, -0.1) is 0 Å². The average Bonchev–Trinajstić information content (AvgIpc) is 2.77. The monoisotopic (exact) mass is 268 g/mol. The summed E-state index contributed by atoms with van der Waals surface area (Å²) in [6.07, 6.45) is 0. The topological polar surface area (TPSA) is 68.3 Å². The Labute approximate surface area is 107 Å². The van der Waals surface area contributed by atoms with Gasteiger partial charge in [-0.25, -0.2) is 4.39 Å². The highest BCUT2D eigenvalue weighted by Crippen LogP contribution is 2.30. The van der Waals surface area contributed by atoms with E-state index in [2.05, 4.69) is 5.32 Å². The summed E-state index contributed by atoms with van der Waals surface area (Å²) in [7, 11) is 1.71. The Kier molecular flexibility index (Phi) is 3.57. The SMILES string of the molecule is CNCc1ccc(-c2cc([N+](=O)[O-])c(F)cc2F)o1. The molecule has 0 amide bonds. The largest absolute Gasteiger partial charge is 0.460 e. The van der Waals surface area contributed by atoms with Crippen molar-refractivity contribution < 1.29 is 18.1 Å². The number of benzene rings is 1. The minimum absolute atomic E-state index is 0.117. The molecular formula is C12H10F2N2O3. The van der Waals surface area contributed by atoms with Crippen molar-refractivity contribution in [2.75, 3.05) is 7.05 Å². The van der Waals surface area contributed by atoms with Gasteiger partial charge in [-0.3, -0.25) is 10.1 Å². The number of nitrogens with one attached hydrogen (secondary N) is 1. The molecule has 1 N–H and O–H groups in total. The van der Waals surface area contributed by atoms with Crippen LogP contribution in [0.5, 0.6) is 0 Å². The van der Waals surface area contributed by atoms with Crippen molar-refractivity contribution in [2.24, 2.45) is 0 Å². The van der Waals surface area contributed by atoms with E-state index >= 15 is 0 Å². The van der Waals surface area contributed by atoms with E-state index in [-0.39, 0.29) is 11.3 Å². The predicted molar refractivity (Wildman–Crippen MR) is 63.5 cm³/mol. The first kappa shape index (κ1) is 13.2. The molecule has 2 rings (SSSR count). The zero-order chi connectivity index (χ0) is 14.0. The Balaban J connectivity index is 2.48. The van der Waals surface area contributed by atoms with Crippen LogP contribution in [0.3, 0.4) is 0 Å². The molecule has 1 heterocycles. The normalized spacial score (nSPS) is 10.7. The first-order valence-electron chi connectivity index (χ1n) is 5.40. The zero-order valence-corrected chi connectivity index (χ0v) is 9.94. The van der Waals surface area contributed by atoms with Crippen LogP contribution in [-0.2, 0) is 6.54 Å². The lowest BCUT2D eigenvalue weighted by atomic mass is 10.1. The van der Waals surface area contributed by atoms with Crippen LogP contribution in [0.4, 0.5) is 14.5 Å². The molecule has 0 aliphatic rings. The van der Waals surface area contributed by atoms with Gasteiger partial charge in [0, 0.05) is 12.1 Å². The Morgan fingerprint density at radius 1 is 1.32 bits per heavy atom. The molecule has 1 aromatic heterocycles. The molecule has 7 heteroatoms. The van der Waals surface area contributed by atoms with Gasteiger partial charge in [-0.05, 0) is 19.2 Å². The van der Waals surface area contributed by atoms with E-state index in [1.807, 2.05) is 0 Å². The fourth-order valence-corrected chi connectivity index (χ4v) is 1.66. The lowest BCUT2D eigenvalue weighted by Gasteiger charge is -2.01. The van der Waals surface area contributed by atoms with E-state index in [1.165, 1.54) is 6.07 Å². The van der Waals surface area contributed by atoms with Crippen LogP contribution in [0.1, 0.15) is 5.76 Å². The number of rotatable bonds is 4. The third-order valence-electron chi connectivity index (χ3n) is 2.51. The molecule has 0 saturated heterocycles. The van der Waals surface area contributed by atoms with Gasteiger partial charge in [0.1, 0.15) is 17.3 Å². The third kappa shape index (κ3) is 2.60. The summed E-state index contributed by atoms with van der Waals surface area (Å²) in [4.78, 5) is 9.72. The molecule has 5 nitrogen and oxygen atoms in total. The van der Waals surface area contributed by atoms with Gasteiger partial charge in [0.05, 0.1) is 17.0 Å². The van der Waals surface area contributed by atoms with Crippen molar-refractivity contribution in [1.29, 1.82) is 0 Å². The molecule has 0 saturated carbocycles. The smallest absolute Gasteiger partial charge is 0.305 e. The van der Waals surface area contributed by atoms with E-state index in [9.17, 15) is 18.9 Å². The average molecular weight is 268 g/mol. The molecule has 0 bridgehead atoms. The highest BCUT2D eigenvalue weighted by atomic mass is 19.1. The van der Waals surface area contributed by atoms with E-state index in [1.54, 1.807) is 13.1 Å².